The van der Waals surface area contributed by atoms with Crippen LogP contribution in [-0.4, -0.2) is 42.4 Å². The summed E-state index contributed by atoms with van der Waals surface area (Å²) in [4.78, 5) is 39.9. The van der Waals surface area contributed by atoms with E-state index in [0.717, 1.165) is 5.56 Å². The molecule has 0 saturated heterocycles. The molecule has 0 aliphatic carbocycles. The molecule has 0 aromatic heterocycles. The first-order valence-corrected chi connectivity index (χ1v) is 12.5. The quantitative estimate of drug-likeness (QED) is 0.415. The molecule has 186 valence electrons. The van der Waals surface area contributed by atoms with Gasteiger partial charge >= 0.3 is 5.97 Å². The number of hydrogen-bond acceptors (Lipinski definition) is 4. The SMILES string of the molecule is CCOC(=O)C1=C(C)N(CC(=O)NCCc2ccc(Cl)cc2Cl)C(=O)CC1c1ccc(Cl)c(Cl)c1. The fourth-order valence-corrected chi connectivity index (χ4v) is 4.76. The van der Waals surface area contributed by atoms with Gasteiger partial charge in [-0.15, -0.1) is 0 Å². The van der Waals surface area contributed by atoms with Crippen LogP contribution in [0.15, 0.2) is 47.7 Å². The van der Waals surface area contributed by atoms with E-state index in [1.165, 1.54) is 4.90 Å². The van der Waals surface area contributed by atoms with Crippen molar-refractivity contribution in [2.24, 2.45) is 0 Å². The summed E-state index contributed by atoms with van der Waals surface area (Å²) in [6.45, 7) is 3.60. The van der Waals surface area contributed by atoms with Crippen LogP contribution in [0.5, 0.6) is 0 Å². The second-order valence-corrected chi connectivity index (χ2v) is 9.62. The van der Waals surface area contributed by atoms with Crippen molar-refractivity contribution in [3.8, 4) is 0 Å². The number of allylic oxidation sites excluding steroid dienone is 1. The second-order valence-electron chi connectivity index (χ2n) is 7.97. The van der Waals surface area contributed by atoms with E-state index in [1.54, 1.807) is 50.2 Å². The lowest BCUT2D eigenvalue weighted by Gasteiger charge is -2.34. The van der Waals surface area contributed by atoms with Gasteiger partial charge in [0.05, 0.1) is 22.2 Å². The highest BCUT2D eigenvalue weighted by Gasteiger charge is 2.37. The maximum atomic E-state index is 13.0. The molecule has 2 amide bonds. The molecule has 0 fully saturated rings. The van der Waals surface area contributed by atoms with Gasteiger partial charge in [-0.3, -0.25) is 9.59 Å². The summed E-state index contributed by atoms with van der Waals surface area (Å²) < 4.78 is 5.26. The topological polar surface area (TPSA) is 75.7 Å². The molecule has 6 nitrogen and oxygen atoms in total. The van der Waals surface area contributed by atoms with Crippen LogP contribution in [-0.2, 0) is 25.5 Å². The molecule has 0 saturated carbocycles. The van der Waals surface area contributed by atoms with E-state index in [2.05, 4.69) is 5.32 Å². The van der Waals surface area contributed by atoms with Gasteiger partial charge in [-0.1, -0.05) is 58.5 Å². The number of esters is 1. The molecular formula is C25H24Cl4N2O4. The molecule has 3 rings (SSSR count). The summed E-state index contributed by atoms with van der Waals surface area (Å²) >= 11 is 24.3. The van der Waals surface area contributed by atoms with Crippen LogP contribution in [0.3, 0.4) is 0 Å². The minimum atomic E-state index is -0.567. The lowest BCUT2D eigenvalue weighted by Crippen LogP contribution is -2.44. The van der Waals surface area contributed by atoms with E-state index in [9.17, 15) is 14.4 Å². The Morgan fingerprint density at radius 2 is 1.80 bits per heavy atom. The molecular weight excluding hydrogens is 534 g/mol. The summed E-state index contributed by atoms with van der Waals surface area (Å²) in [5.74, 6) is -1.76. The van der Waals surface area contributed by atoms with Crippen LogP contribution in [0.4, 0.5) is 0 Å². The van der Waals surface area contributed by atoms with E-state index in [1.807, 2.05) is 0 Å². The van der Waals surface area contributed by atoms with Gasteiger partial charge < -0.3 is 15.0 Å². The zero-order valence-electron chi connectivity index (χ0n) is 19.2. The molecule has 1 N–H and O–H groups in total. The van der Waals surface area contributed by atoms with Crippen LogP contribution in [0.2, 0.25) is 20.1 Å². The summed E-state index contributed by atoms with van der Waals surface area (Å²) in [5.41, 5.74) is 2.19. The van der Waals surface area contributed by atoms with Gasteiger partial charge in [-0.25, -0.2) is 4.79 Å². The van der Waals surface area contributed by atoms with Crippen molar-refractivity contribution < 1.29 is 19.1 Å². The minimum Gasteiger partial charge on any atom is -0.463 e. The van der Waals surface area contributed by atoms with Crippen molar-refractivity contribution in [2.75, 3.05) is 19.7 Å². The first-order valence-electron chi connectivity index (χ1n) is 11.0. The first kappa shape index (κ1) is 27.3. The number of amides is 2. The number of rotatable bonds is 8. The van der Waals surface area contributed by atoms with Crippen molar-refractivity contribution in [1.29, 1.82) is 0 Å². The number of benzene rings is 2. The lowest BCUT2D eigenvalue weighted by molar-refractivity contribution is -0.141. The van der Waals surface area contributed by atoms with Crippen LogP contribution < -0.4 is 5.32 Å². The fraction of sp³-hybridized carbons (Fsp3) is 0.320. The molecule has 2 aromatic rings. The summed E-state index contributed by atoms with van der Waals surface area (Å²) in [6.07, 6.45) is 0.481. The molecule has 0 bridgehead atoms. The molecule has 1 heterocycles. The van der Waals surface area contributed by atoms with Gasteiger partial charge in [0.25, 0.3) is 0 Å². The molecule has 10 heteroatoms. The minimum absolute atomic E-state index is 0.0168. The van der Waals surface area contributed by atoms with E-state index in [-0.39, 0.29) is 31.4 Å². The molecule has 0 spiro atoms. The molecule has 1 unspecified atom stereocenters. The van der Waals surface area contributed by atoms with E-state index in [4.69, 9.17) is 51.1 Å². The number of ether oxygens (including phenoxy) is 1. The lowest BCUT2D eigenvalue weighted by atomic mass is 9.83. The van der Waals surface area contributed by atoms with Crippen molar-refractivity contribution in [3.63, 3.8) is 0 Å². The third-order valence-electron chi connectivity index (χ3n) is 5.70. The van der Waals surface area contributed by atoms with Gasteiger partial charge in [-0.2, -0.15) is 0 Å². The van der Waals surface area contributed by atoms with Gasteiger partial charge in [-0.05, 0) is 55.7 Å². The highest BCUT2D eigenvalue weighted by atomic mass is 35.5. The fourth-order valence-electron chi connectivity index (χ4n) is 3.95. The predicted octanol–water partition coefficient (Wildman–Crippen LogP) is 5.81. The van der Waals surface area contributed by atoms with Crippen molar-refractivity contribution >= 4 is 64.2 Å². The van der Waals surface area contributed by atoms with E-state index >= 15 is 0 Å². The maximum Gasteiger partial charge on any atom is 0.336 e. The number of halogens is 4. The molecule has 1 aliphatic heterocycles. The monoisotopic (exact) mass is 556 g/mol. The first-order chi connectivity index (χ1) is 16.6. The standard InChI is InChI=1S/C25H24Cl4N2O4/c1-3-35-25(34)24-14(2)31(23(33)12-18(24)16-5-7-19(27)21(29)10-16)13-22(32)30-9-8-15-4-6-17(26)11-20(15)28/h4-7,10-11,18H,3,8-9,12-13H2,1-2H3,(H,30,32). The molecule has 1 atom stereocenters. The zero-order valence-corrected chi connectivity index (χ0v) is 22.2. The second kappa shape index (κ2) is 12.1. The molecule has 35 heavy (non-hydrogen) atoms. The smallest absolute Gasteiger partial charge is 0.336 e. The third-order valence-corrected chi connectivity index (χ3v) is 7.02. The molecule has 1 aliphatic rings. The van der Waals surface area contributed by atoms with Crippen molar-refractivity contribution in [3.05, 3.63) is 78.9 Å². The largest absolute Gasteiger partial charge is 0.463 e. The Balaban J connectivity index is 1.77. The maximum absolute atomic E-state index is 13.0. The normalized spacial score (nSPS) is 15.9. The van der Waals surface area contributed by atoms with Gasteiger partial charge in [0.15, 0.2) is 0 Å². The highest BCUT2D eigenvalue weighted by Crippen LogP contribution is 2.38. The summed E-state index contributed by atoms with van der Waals surface area (Å²) in [5, 5.41) is 4.53. The third kappa shape index (κ3) is 6.70. The van der Waals surface area contributed by atoms with E-state index in [0.29, 0.717) is 49.9 Å². The predicted molar refractivity (Wildman–Crippen MR) is 138 cm³/mol. The Morgan fingerprint density at radius 3 is 2.46 bits per heavy atom. The number of hydrogen-bond donors (Lipinski definition) is 1. The number of carbonyl (C=O) groups is 3. The molecule has 2 aromatic carbocycles. The van der Waals surface area contributed by atoms with Crippen LogP contribution in [0.25, 0.3) is 0 Å². The van der Waals surface area contributed by atoms with Crippen molar-refractivity contribution in [1.82, 2.24) is 10.2 Å². The Hall–Kier alpha value is -2.25. The van der Waals surface area contributed by atoms with Gasteiger partial charge in [0.2, 0.25) is 11.8 Å². The Morgan fingerprint density at radius 1 is 1.06 bits per heavy atom. The summed E-state index contributed by atoms with van der Waals surface area (Å²) in [7, 11) is 0. The Bertz CT molecular complexity index is 1180. The number of carbonyl (C=O) groups excluding carboxylic acids is 3. The average molecular weight is 558 g/mol. The number of nitrogens with one attached hydrogen (secondary N) is 1. The van der Waals surface area contributed by atoms with Gasteiger partial charge in [0.1, 0.15) is 6.54 Å². The zero-order chi connectivity index (χ0) is 25.7. The van der Waals surface area contributed by atoms with Crippen molar-refractivity contribution in [2.45, 2.75) is 32.6 Å². The van der Waals surface area contributed by atoms with Crippen LogP contribution in [0.1, 0.15) is 37.3 Å². The average Bonchev–Trinajstić information content (AvgIpc) is 2.79. The molecule has 0 radical (unpaired) electrons. The summed E-state index contributed by atoms with van der Waals surface area (Å²) in [6, 6.07) is 10.1. The van der Waals surface area contributed by atoms with Gasteiger partial charge in [0, 0.05) is 34.6 Å². The Labute approximate surface area is 224 Å². The number of nitrogens with zero attached hydrogens (tertiary/aromatic N) is 1. The van der Waals surface area contributed by atoms with Crippen LogP contribution in [0, 0.1) is 0 Å². The Kier molecular flexibility index (Phi) is 9.47. The highest BCUT2D eigenvalue weighted by molar-refractivity contribution is 6.42. The van der Waals surface area contributed by atoms with Crippen LogP contribution >= 0.6 is 46.4 Å². The van der Waals surface area contributed by atoms with E-state index < -0.39 is 11.9 Å².